The van der Waals surface area contributed by atoms with Crippen LogP contribution in [0.2, 0.25) is 0 Å². The Balaban J connectivity index is 0.00000225. The lowest BCUT2D eigenvalue weighted by atomic mass is 9.87. The van der Waals surface area contributed by atoms with Crippen LogP contribution in [0.4, 0.5) is 0 Å². The van der Waals surface area contributed by atoms with Crippen molar-refractivity contribution in [3.8, 4) is 0 Å². The highest BCUT2D eigenvalue weighted by molar-refractivity contribution is 14.0. The van der Waals surface area contributed by atoms with E-state index in [0.717, 1.165) is 64.0 Å². The van der Waals surface area contributed by atoms with E-state index in [2.05, 4.69) is 39.9 Å². The van der Waals surface area contributed by atoms with Gasteiger partial charge in [0.25, 0.3) is 0 Å². The Morgan fingerprint density at radius 1 is 1.40 bits per heavy atom. The van der Waals surface area contributed by atoms with Crippen LogP contribution in [0.5, 0.6) is 0 Å². The zero-order chi connectivity index (χ0) is 17.0. The van der Waals surface area contributed by atoms with Gasteiger partial charge in [0.1, 0.15) is 0 Å². The van der Waals surface area contributed by atoms with Gasteiger partial charge in [0.05, 0.1) is 12.3 Å². The minimum Gasteiger partial charge on any atom is -0.381 e. The van der Waals surface area contributed by atoms with E-state index in [1.165, 1.54) is 18.5 Å². The summed E-state index contributed by atoms with van der Waals surface area (Å²) in [6.45, 7) is 13.0. The lowest BCUT2D eigenvalue weighted by molar-refractivity contribution is 0.156. The van der Waals surface area contributed by atoms with Crippen molar-refractivity contribution in [2.75, 3.05) is 39.4 Å². The highest BCUT2D eigenvalue weighted by Crippen LogP contribution is 2.38. The summed E-state index contributed by atoms with van der Waals surface area (Å²) in [6.07, 6.45) is 3.43. The molecule has 2 saturated heterocycles. The molecule has 25 heavy (non-hydrogen) atoms. The number of hydrogen-bond donors (Lipinski definition) is 1. The first kappa shape index (κ1) is 20.5. The van der Waals surface area contributed by atoms with Crippen LogP contribution in [0, 0.1) is 19.3 Å². The number of likely N-dealkylation sites (tertiary alicyclic amines) is 1. The van der Waals surface area contributed by atoms with Crippen molar-refractivity contribution < 1.29 is 4.74 Å². The average Bonchev–Trinajstić information content (AvgIpc) is 3.26. The Morgan fingerprint density at radius 3 is 2.88 bits per heavy atom. The van der Waals surface area contributed by atoms with E-state index in [-0.39, 0.29) is 24.0 Å². The molecule has 3 heterocycles. The highest BCUT2D eigenvalue weighted by Gasteiger charge is 2.42. The van der Waals surface area contributed by atoms with Crippen molar-refractivity contribution in [2.45, 2.75) is 46.6 Å². The first-order valence-corrected chi connectivity index (χ1v) is 9.24. The number of nitrogens with one attached hydrogen (secondary N) is 1. The number of aliphatic imine (C=N–C) groups is 1. The predicted octanol–water partition coefficient (Wildman–Crippen LogP) is 2.59. The Kier molecular flexibility index (Phi) is 7.54. The topological polar surface area (TPSA) is 54.7 Å². The molecule has 3 rings (SSSR count). The molecule has 0 saturated carbocycles. The molecule has 0 radical (unpaired) electrons. The molecule has 142 valence electrons. The zero-order valence-electron chi connectivity index (χ0n) is 15.8. The third-order valence-corrected chi connectivity index (χ3v) is 5.15. The first-order chi connectivity index (χ1) is 11.6. The normalized spacial score (nSPS) is 23.3. The molecule has 0 bridgehead atoms. The largest absolute Gasteiger partial charge is 0.381 e. The summed E-state index contributed by atoms with van der Waals surface area (Å²) in [4.78, 5) is 7.27. The average molecular weight is 461 g/mol. The van der Waals surface area contributed by atoms with Gasteiger partial charge in [0.15, 0.2) is 5.96 Å². The van der Waals surface area contributed by atoms with Crippen LogP contribution < -0.4 is 5.32 Å². The van der Waals surface area contributed by atoms with Gasteiger partial charge in [-0.2, -0.15) is 5.10 Å². The van der Waals surface area contributed by atoms with E-state index in [9.17, 15) is 0 Å². The molecule has 6 nitrogen and oxygen atoms in total. The van der Waals surface area contributed by atoms with Crippen molar-refractivity contribution >= 4 is 29.9 Å². The number of hydrogen-bond acceptors (Lipinski definition) is 3. The smallest absolute Gasteiger partial charge is 0.193 e. The lowest BCUT2D eigenvalue weighted by Gasteiger charge is -2.25. The molecule has 0 aromatic carbocycles. The van der Waals surface area contributed by atoms with E-state index < -0.39 is 0 Å². The molecule has 1 unspecified atom stereocenters. The number of ether oxygens (including phenoxy) is 1. The number of rotatable bonds is 5. The molecular formula is C18H32IN5O. The van der Waals surface area contributed by atoms with Crippen LogP contribution >= 0.6 is 24.0 Å². The van der Waals surface area contributed by atoms with Crippen LogP contribution in [-0.2, 0) is 11.3 Å². The predicted molar refractivity (Wildman–Crippen MR) is 112 cm³/mol. The van der Waals surface area contributed by atoms with E-state index in [1.54, 1.807) is 0 Å². The van der Waals surface area contributed by atoms with Gasteiger partial charge in [0, 0.05) is 50.4 Å². The second-order valence-corrected chi connectivity index (χ2v) is 7.21. The molecule has 0 amide bonds. The van der Waals surface area contributed by atoms with Crippen LogP contribution in [-0.4, -0.2) is 60.0 Å². The van der Waals surface area contributed by atoms with E-state index >= 15 is 0 Å². The van der Waals surface area contributed by atoms with Gasteiger partial charge in [-0.25, -0.2) is 0 Å². The number of aromatic nitrogens is 2. The molecule has 1 aromatic heterocycles. The third-order valence-electron chi connectivity index (χ3n) is 5.15. The summed E-state index contributed by atoms with van der Waals surface area (Å²) < 4.78 is 7.72. The number of guanidine groups is 1. The summed E-state index contributed by atoms with van der Waals surface area (Å²) in [5.74, 6) is 1.06. The Morgan fingerprint density at radius 2 is 2.24 bits per heavy atom. The highest BCUT2D eigenvalue weighted by atomic mass is 127. The van der Waals surface area contributed by atoms with Gasteiger partial charge >= 0.3 is 0 Å². The Labute approximate surface area is 168 Å². The number of halogens is 1. The minimum atomic E-state index is 0. The molecule has 2 aliphatic rings. The van der Waals surface area contributed by atoms with Crippen molar-refractivity contribution in [1.29, 1.82) is 0 Å². The molecule has 1 atom stereocenters. The fraction of sp³-hybridized carbons (Fsp3) is 0.778. The summed E-state index contributed by atoms with van der Waals surface area (Å²) in [5.41, 5.74) is 2.69. The van der Waals surface area contributed by atoms with Crippen LogP contribution in [0.15, 0.2) is 11.1 Å². The summed E-state index contributed by atoms with van der Waals surface area (Å²) in [5, 5.41) is 7.97. The van der Waals surface area contributed by atoms with Crippen molar-refractivity contribution in [2.24, 2.45) is 10.4 Å². The Bertz CT molecular complexity index is 580. The molecule has 0 aliphatic carbocycles. The van der Waals surface area contributed by atoms with Gasteiger partial charge < -0.3 is 15.0 Å². The van der Waals surface area contributed by atoms with Crippen LogP contribution in [0.3, 0.4) is 0 Å². The number of nitrogens with zero attached hydrogens (tertiary/aromatic N) is 4. The second-order valence-electron chi connectivity index (χ2n) is 7.21. The van der Waals surface area contributed by atoms with Gasteiger partial charge in [-0.3, -0.25) is 9.67 Å². The van der Waals surface area contributed by atoms with Crippen LogP contribution in [0.1, 0.15) is 37.6 Å². The van der Waals surface area contributed by atoms with Crippen molar-refractivity contribution in [3.63, 3.8) is 0 Å². The maximum absolute atomic E-state index is 5.63. The Hall–Kier alpha value is -0.830. The molecule has 7 heteroatoms. The lowest BCUT2D eigenvalue weighted by Crippen LogP contribution is -2.41. The SMILES string of the molecule is CCNC(=NCCCn1nc(C)cc1C)N1CCC2(CCOC2)C1.I. The van der Waals surface area contributed by atoms with Crippen molar-refractivity contribution in [3.05, 3.63) is 17.5 Å². The summed E-state index contributed by atoms with van der Waals surface area (Å²) in [6, 6.07) is 2.13. The molecule has 1 spiro atoms. The molecule has 1 aromatic rings. The van der Waals surface area contributed by atoms with Gasteiger partial charge in [-0.05, 0) is 46.1 Å². The molecular weight excluding hydrogens is 429 g/mol. The quantitative estimate of drug-likeness (QED) is 0.317. The van der Waals surface area contributed by atoms with Gasteiger partial charge in [0.2, 0.25) is 0 Å². The first-order valence-electron chi connectivity index (χ1n) is 9.24. The zero-order valence-corrected chi connectivity index (χ0v) is 18.1. The van der Waals surface area contributed by atoms with E-state index in [1.807, 2.05) is 6.92 Å². The summed E-state index contributed by atoms with van der Waals surface area (Å²) in [7, 11) is 0. The number of aryl methyl sites for hydroxylation is 3. The second kappa shape index (κ2) is 9.21. The van der Waals surface area contributed by atoms with Crippen molar-refractivity contribution in [1.82, 2.24) is 20.0 Å². The fourth-order valence-electron chi connectivity index (χ4n) is 3.82. The monoisotopic (exact) mass is 461 g/mol. The van der Waals surface area contributed by atoms with E-state index in [0.29, 0.717) is 5.41 Å². The molecule has 2 aliphatic heterocycles. The maximum Gasteiger partial charge on any atom is 0.193 e. The summed E-state index contributed by atoms with van der Waals surface area (Å²) >= 11 is 0. The fourth-order valence-corrected chi connectivity index (χ4v) is 3.82. The maximum atomic E-state index is 5.63. The molecule has 2 fully saturated rings. The van der Waals surface area contributed by atoms with Gasteiger partial charge in [-0.1, -0.05) is 0 Å². The van der Waals surface area contributed by atoms with Gasteiger partial charge in [-0.15, -0.1) is 24.0 Å². The standard InChI is InChI=1S/C18H31N5O.HI/c1-4-19-17(22-10-6-18(13-22)7-11-24-14-18)20-8-5-9-23-16(3)12-15(2)21-23;/h12H,4-11,13-14H2,1-3H3,(H,19,20);1H. The van der Waals surface area contributed by atoms with E-state index in [4.69, 9.17) is 9.73 Å². The third kappa shape index (κ3) is 5.09. The molecule has 1 N–H and O–H groups in total. The minimum absolute atomic E-state index is 0. The van der Waals surface area contributed by atoms with Crippen LogP contribution in [0.25, 0.3) is 0 Å².